The maximum absolute atomic E-state index is 12.7. The number of anilines is 2. The minimum atomic E-state index is 0.0978. The van der Waals surface area contributed by atoms with E-state index < -0.39 is 0 Å². The number of aryl methyl sites for hydroxylation is 2. The second-order valence-corrected chi connectivity index (χ2v) is 7.83. The molecule has 8 heteroatoms. The molecule has 7 nitrogen and oxygen atoms in total. The molecule has 0 aliphatic carbocycles. The molecule has 1 amide bonds. The van der Waals surface area contributed by atoms with Crippen LogP contribution in [-0.4, -0.2) is 43.8 Å². The zero-order valence-corrected chi connectivity index (χ0v) is 16.7. The summed E-state index contributed by atoms with van der Waals surface area (Å²) in [5.41, 5.74) is 5.53. The molecule has 0 radical (unpaired) electrons. The SMILES string of the molecule is Cc1cc(Nc2cnccn2)cc(C2CCN(C(=O)c3scnc3C)CC2)n1. The molecule has 144 valence electrons. The Hall–Kier alpha value is -2.87. The molecule has 0 unspecified atom stereocenters. The van der Waals surface area contributed by atoms with Crippen LogP contribution >= 0.6 is 11.3 Å². The summed E-state index contributed by atoms with van der Waals surface area (Å²) in [6, 6.07) is 4.08. The monoisotopic (exact) mass is 394 g/mol. The van der Waals surface area contributed by atoms with E-state index in [0.717, 1.165) is 53.6 Å². The van der Waals surface area contributed by atoms with E-state index in [1.807, 2.05) is 24.8 Å². The second-order valence-electron chi connectivity index (χ2n) is 6.97. The van der Waals surface area contributed by atoms with Gasteiger partial charge in [-0.1, -0.05) is 0 Å². The van der Waals surface area contributed by atoms with E-state index in [2.05, 4.69) is 26.3 Å². The normalized spacial score (nSPS) is 14.9. The number of rotatable bonds is 4. The van der Waals surface area contributed by atoms with Crippen LogP contribution in [0, 0.1) is 13.8 Å². The van der Waals surface area contributed by atoms with Crippen LogP contribution in [0.4, 0.5) is 11.5 Å². The van der Waals surface area contributed by atoms with Gasteiger partial charge in [-0.15, -0.1) is 11.3 Å². The van der Waals surface area contributed by atoms with Gasteiger partial charge >= 0.3 is 0 Å². The standard InChI is InChI=1S/C20H22N6OS/c1-13-9-16(25-18-11-21-5-6-22-18)10-17(24-13)15-3-7-26(8-4-15)20(27)19-14(2)23-12-28-19/h5-6,9-12,15H,3-4,7-8H2,1-2H3,(H,22,24,25). The van der Waals surface area contributed by atoms with Crippen LogP contribution in [0.25, 0.3) is 0 Å². The summed E-state index contributed by atoms with van der Waals surface area (Å²) in [7, 11) is 0. The summed E-state index contributed by atoms with van der Waals surface area (Å²) in [4.78, 5) is 32.7. The molecule has 0 atom stereocenters. The van der Waals surface area contributed by atoms with Gasteiger partial charge in [0.05, 0.1) is 17.4 Å². The number of thiazole rings is 1. The first-order valence-corrected chi connectivity index (χ1v) is 10.2. The van der Waals surface area contributed by atoms with Crippen LogP contribution in [-0.2, 0) is 0 Å². The number of hydrogen-bond acceptors (Lipinski definition) is 7. The molecule has 1 aliphatic heterocycles. The number of nitrogens with one attached hydrogen (secondary N) is 1. The molecule has 1 N–H and O–H groups in total. The van der Waals surface area contributed by atoms with Gasteiger partial charge in [-0.2, -0.15) is 0 Å². The Labute approximate surface area is 167 Å². The Morgan fingerprint density at radius 1 is 1.18 bits per heavy atom. The number of carbonyl (C=O) groups excluding carboxylic acids is 1. The van der Waals surface area contributed by atoms with Crippen LogP contribution in [0.3, 0.4) is 0 Å². The van der Waals surface area contributed by atoms with Crippen molar-refractivity contribution in [2.45, 2.75) is 32.6 Å². The quantitative estimate of drug-likeness (QED) is 0.726. The molecule has 4 rings (SSSR count). The largest absolute Gasteiger partial charge is 0.339 e. The third-order valence-electron chi connectivity index (χ3n) is 4.95. The topological polar surface area (TPSA) is 83.9 Å². The van der Waals surface area contributed by atoms with Crippen molar-refractivity contribution in [1.29, 1.82) is 0 Å². The van der Waals surface area contributed by atoms with Crippen molar-refractivity contribution in [1.82, 2.24) is 24.8 Å². The predicted molar refractivity (Wildman–Crippen MR) is 109 cm³/mol. The molecule has 0 aromatic carbocycles. The van der Waals surface area contributed by atoms with E-state index in [1.165, 1.54) is 11.3 Å². The number of nitrogens with zero attached hydrogens (tertiary/aromatic N) is 5. The van der Waals surface area contributed by atoms with Crippen LogP contribution in [0.15, 0.2) is 36.2 Å². The van der Waals surface area contributed by atoms with Gasteiger partial charge in [0.25, 0.3) is 5.91 Å². The van der Waals surface area contributed by atoms with Gasteiger partial charge < -0.3 is 10.2 Å². The summed E-state index contributed by atoms with van der Waals surface area (Å²) >= 11 is 1.42. The van der Waals surface area contributed by atoms with E-state index >= 15 is 0 Å². The lowest BCUT2D eigenvalue weighted by atomic mass is 9.92. The highest BCUT2D eigenvalue weighted by atomic mass is 32.1. The molecule has 0 bridgehead atoms. The smallest absolute Gasteiger partial charge is 0.265 e. The molecule has 28 heavy (non-hydrogen) atoms. The highest BCUT2D eigenvalue weighted by Gasteiger charge is 2.27. The molecular formula is C20H22N6OS. The van der Waals surface area contributed by atoms with E-state index in [0.29, 0.717) is 11.7 Å². The molecule has 1 saturated heterocycles. The molecule has 1 aliphatic rings. The Kier molecular flexibility index (Phi) is 5.29. The summed E-state index contributed by atoms with van der Waals surface area (Å²) in [6.45, 7) is 5.36. The van der Waals surface area contributed by atoms with Crippen molar-refractivity contribution in [2.24, 2.45) is 0 Å². The van der Waals surface area contributed by atoms with Crippen LogP contribution < -0.4 is 5.32 Å². The van der Waals surface area contributed by atoms with Crippen molar-refractivity contribution in [3.8, 4) is 0 Å². The summed E-state index contributed by atoms with van der Waals surface area (Å²) < 4.78 is 0. The maximum atomic E-state index is 12.7. The van der Waals surface area contributed by atoms with E-state index in [4.69, 9.17) is 4.98 Å². The zero-order valence-electron chi connectivity index (χ0n) is 15.9. The molecule has 1 fully saturated rings. The minimum absolute atomic E-state index is 0.0978. The Morgan fingerprint density at radius 3 is 2.68 bits per heavy atom. The number of hydrogen-bond donors (Lipinski definition) is 1. The van der Waals surface area contributed by atoms with E-state index in [-0.39, 0.29) is 5.91 Å². The third-order valence-corrected chi connectivity index (χ3v) is 5.87. The van der Waals surface area contributed by atoms with Gasteiger partial charge in [-0.3, -0.25) is 14.8 Å². The highest BCUT2D eigenvalue weighted by molar-refractivity contribution is 7.11. The molecule has 3 aromatic heterocycles. The van der Waals surface area contributed by atoms with Crippen LogP contribution in [0.1, 0.15) is 45.5 Å². The van der Waals surface area contributed by atoms with E-state index in [9.17, 15) is 4.79 Å². The first kappa shape index (κ1) is 18.5. The lowest BCUT2D eigenvalue weighted by molar-refractivity contribution is 0.0716. The van der Waals surface area contributed by atoms with Crippen molar-refractivity contribution in [2.75, 3.05) is 18.4 Å². The zero-order chi connectivity index (χ0) is 19.5. The lowest BCUT2D eigenvalue weighted by Crippen LogP contribution is -2.38. The maximum Gasteiger partial charge on any atom is 0.265 e. The van der Waals surface area contributed by atoms with Crippen molar-refractivity contribution in [3.63, 3.8) is 0 Å². The number of piperidine rings is 1. The predicted octanol–water partition coefficient (Wildman–Crippen LogP) is 3.71. The van der Waals surface area contributed by atoms with Gasteiger partial charge in [0.15, 0.2) is 0 Å². The molecule has 4 heterocycles. The Bertz CT molecular complexity index is 966. The number of pyridine rings is 1. The van der Waals surface area contributed by atoms with Gasteiger partial charge in [0.2, 0.25) is 0 Å². The Morgan fingerprint density at radius 2 is 2.00 bits per heavy atom. The third kappa shape index (κ3) is 4.01. The lowest BCUT2D eigenvalue weighted by Gasteiger charge is -2.31. The average molecular weight is 395 g/mol. The first-order valence-electron chi connectivity index (χ1n) is 9.31. The Balaban J connectivity index is 1.44. The minimum Gasteiger partial charge on any atom is -0.339 e. The van der Waals surface area contributed by atoms with Gasteiger partial charge in [0, 0.05) is 48.5 Å². The molecular weight excluding hydrogens is 372 g/mol. The molecule has 0 spiro atoms. The fourth-order valence-electron chi connectivity index (χ4n) is 3.52. The van der Waals surface area contributed by atoms with E-state index in [1.54, 1.807) is 24.1 Å². The molecule has 3 aromatic rings. The number of likely N-dealkylation sites (tertiary alicyclic amines) is 1. The fourth-order valence-corrected chi connectivity index (χ4v) is 4.29. The van der Waals surface area contributed by atoms with Gasteiger partial charge in [-0.05, 0) is 38.8 Å². The van der Waals surface area contributed by atoms with Crippen molar-refractivity contribution >= 4 is 28.7 Å². The van der Waals surface area contributed by atoms with Crippen molar-refractivity contribution in [3.05, 3.63) is 58.2 Å². The average Bonchev–Trinajstić information content (AvgIpc) is 3.14. The van der Waals surface area contributed by atoms with Gasteiger partial charge in [0.1, 0.15) is 10.7 Å². The van der Waals surface area contributed by atoms with Gasteiger partial charge in [-0.25, -0.2) is 9.97 Å². The number of aromatic nitrogens is 4. The number of carbonyl (C=O) groups is 1. The summed E-state index contributed by atoms with van der Waals surface area (Å²) in [5, 5.41) is 3.29. The fraction of sp³-hybridized carbons (Fsp3) is 0.350. The number of amides is 1. The first-order chi connectivity index (χ1) is 13.6. The summed E-state index contributed by atoms with van der Waals surface area (Å²) in [5.74, 6) is 1.15. The summed E-state index contributed by atoms with van der Waals surface area (Å²) in [6.07, 6.45) is 6.82. The second kappa shape index (κ2) is 8.02. The molecule has 0 saturated carbocycles. The van der Waals surface area contributed by atoms with Crippen molar-refractivity contribution < 1.29 is 4.79 Å². The highest BCUT2D eigenvalue weighted by Crippen LogP contribution is 2.30. The van der Waals surface area contributed by atoms with Crippen LogP contribution in [0.5, 0.6) is 0 Å². The van der Waals surface area contributed by atoms with Crippen LogP contribution in [0.2, 0.25) is 0 Å².